The van der Waals surface area contributed by atoms with Gasteiger partial charge < -0.3 is 9.94 Å². The minimum Gasteiger partial charge on any atom is -0.382 e. The number of β-amino-alcohol motifs (C(OH)–C–C–N with tert-alkyl or cyclic N) is 1. The highest BCUT2D eigenvalue weighted by molar-refractivity contribution is 6.48. The van der Waals surface area contributed by atoms with Gasteiger partial charge >= 0.3 is 6.18 Å². The maximum atomic E-state index is 14.4. The summed E-state index contributed by atoms with van der Waals surface area (Å²) >= 11 is 18.0. The highest BCUT2D eigenvalue weighted by Crippen LogP contribution is 2.51. The van der Waals surface area contributed by atoms with E-state index < -0.39 is 23.8 Å². The Morgan fingerprint density at radius 2 is 1.31 bits per heavy atom. The molecule has 1 saturated heterocycles. The first kappa shape index (κ1) is 29.0. The number of nitrogens with zero attached hydrogens (tertiary/aromatic N) is 2. The second kappa shape index (κ2) is 10.9. The summed E-state index contributed by atoms with van der Waals surface area (Å²) in [7, 11) is 0. The van der Waals surface area contributed by atoms with Crippen molar-refractivity contribution >= 4 is 40.5 Å². The molecule has 0 radical (unpaired) electrons. The molecule has 1 N–H and O–H groups in total. The van der Waals surface area contributed by atoms with Crippen LogP contribution in [0.2, 0.25) is 15.1 Å². The minimum atomic E-state index is -4.82. The van der Waals surface area contributed by atoms with Crippen LogP contribution in [0.5, 0.6) is 0 Å². The Hall–Kier alpha value is -3.07. The van der Waals surface area contributed by atoms with Gasteiger partial charge in [0.05, 0.1) is 26.8 Å². The number of oxime groups is 1. The summed E-state index contributed by atoms with van der Waals surface area (Å²) in [6.07, 6.45) is -5.41. The molecule has 6 rings (SSSR count). The van der Waals surface area contributed by atoms with Crippen LogP contribution in [0.4, 0.5) is 13.2 Å². The Balaban J connectivity index is 1.21. The normalized spacial score (nSPS) is 20.2. The number of rotatable bonds is 6. The van der Waals surface area contributed by atoms with Crippen LogP contribution < -0.4 is 0 Å². The lowest BCUT2D eigenvalue weighted by atomic mass is 9.81. The highest BCUT2D eigenvalue weighted by Gasteiger charge is 2.62. The first-order valence-electron chi connectivity index (χ1n) is 13.1. The number of halogens is 6. The van der Waals surface area contributed by atoms with Crippen LogP contribution >= 0.6 is 34.8 Å². The molecule has 1 fully saturated rings. The van der Waals surface area contributed by atoms with E-state index in [0.717, 1.165) is 23.3 Å². The third-order valence-corrected chi connectivity index (χ3v) is 9.11. The number of hydrogen-bond acceptors (Lipinski definition) is 4. The number of benzene rings is 4. The fourth-order valence-corrected chi connectivity index (χ4v) is 6.29. The predicted molar refractivity (Wildman–Crippen MR) is 158 cm³/mol. The molecule has 0 saturated carbocycles. The first-order valence-corrected chi connectivity index (χ1v) is 14.3. The van der Waals surface area contributed by atoms with E-state index in [1.165, 1.54) is 0 Å². The van der Waals surface area contributed by atoms with Gasteiger partial charge in [-0.05, 0) is 34.4 Å². The lowest BCUT2D eigenvalue weighted by molar-refractivity contribution is -0.275. The second-order valence-electron chi connectivity index (χ2n) is 10.6. The second-order valence-corrected chi connectivity index (χ2v) is 11.8. The fourth-order valence-electron chi connectivity index (χ4n) is 5.70. The average molecular weight is 632 g/mol. The first-order chi connectivity index (χ1) is 20.0. The van der Waals surface area contributed by atoms with E-state index >= 15 is 0 Å². The van der Waals surface area contributed by atoms with Gasteiger partial charge in [0.2, 0.25) is 0 Å². The number of aliphatic hydroxyl groups is 1. The topological polar surface area (TPSA) is 45.1 Å². The van der Waals surface area contributed by atoms with E-state index in [1.807, 2.05) is 36.4 Å². The summed E-state index contributed by atoms with van der Waals surface area (Å²) < 4.78 is 43.3. The van der Waals surface area contributed by atoms with Crippen LogP contribution in [0.3, 0.4) is 0 Å². The lowest BCUT2D eigenvalue weighted by Crippen LogP contribution is -2.60. The summed E-state index contributed by atoms with van der Waals surface area (Å²) in [5.74, 6) is 0. The Morgan fingerprint density at radius 1 is 0.786 bits per heavy atom. The molecule has 10 heteroatoms. The molecule has 4 nitrogen and oxygen atoms in total. The van der Waals surface area contributed by atoms with E-state index in [-0.39, 0.29) is 32.4 Å². The van der Waals surface area contributed by atoms with Gasteiger partial charge in [-0.15, -0.1) is 0 Å². The Bertz CT molecular complexity index is 1560. The molecule has 1 atom stereocenters. The minimum absolute atomic E-state index is 0.0256. The van der Waals surface area contributed by atoms with Crippen molar-refractivity contribution in [3.8, 4) is 0 Å². The van der Waals surface area contributed by atoms with E-state index in [1.54, 1.807) is 24.3 Å². The zero-order valence-corrected chi connectivity index (χ0v) is 24.2. The molecule has 2 aliphatic rings. The highest BCUT2D eigenvalue weighted by atomic mass is 35.5. The molecular weight excluding hydrogens is 608 g/mol. The maximum absolute atomic E-state index is 14.4. The molecule has 0 amide bonds. The van der Waals surface area contributed by atoms with E-state index in [9.17, 15) is 18.3 Å². The summed E-state index contributed by atoms with van der Waals surface area (Å²) in [5, 5.41) is 15.0. The van der Waals surface area contributed by atoms with Crippen molar-refractivity contribution in [2.75, 3.05) is 13.1 Å². The van der Waals surface area contributed by atoms with Gasteiger partial charge in [0, 0.05) is 25.1 Å². The lowest BCUT2D eigenvalue weighted by Gasteiger charge is -2.50. The predicted octanol–water partition coefficient (Wildman–Crippen LogP) is 8.52. The molecule has 2 heterocycles. The molecule has 42 heavy (non-hydrogen) atoms. The van der Waals surface area contributed by atoms with Gasteiger partial charge in [0.25, 0.3) is 5.60 Å². The van der Waals surface area contributed by atoms with Crippen molar-refractivity contribution in [1.82, 2.24) is 4.90 Å². The zero-order valence-electron chi connectivity index (χ0n) is 22.0. The van der Waals surface area contributed by atoms with Gasteiger partial charge in [-0.25, -0.2) is 0 Å². The van der Waals surface area contributed by atoms with Crippen molar-refractivity contribution in [2.45, 2.75) is 29.8 Å². The van der Waals surface area contributed by atoms with E-state index in [0.29, 0.717) is 24.2 Å². The van der Waals surface area contributed by atoms with E-state index in [2.05, 4.69) is 34.3 Å². The monoisotopic (exact) mass is 630 g/mol. The van der Waals surface area contributed by atoms with Gasteiger partial charge in [0.1, 0.15) is 5.60 Å². The molecule has 0 aromatic heterocycles. The smallest absolute Gasteiger partial charge is 0.382 e. The third-order valence-electron chi connectivity index (χ3n) is 7.92. The maximum Gasteiger partial charge on any atom is 0.435 e. The summed E-state index contributed by atoms with van der Waals surface area (Å²) in [4.78, 5) is 7.31. The third kappa shape index (κ3) is 5.07. The van der Waals surface area contributed by atoms with Crippen molar-refractivity contribution in [1.29, 1.82) is 0 Å². The van der Waals surface area contributed by atoms with Crippen LogP contribution in [0, 0.1) is 0 Å². The molecule has 4 aromatic rings. The molecule has 0 spiro atoms. The molecule has 4 aromatic carbocycles. The molecule has 0 bridgehead atoms. The zero-order chi connectivity index (χ0) is 29.7. The quantitative estimate of drug-likeness (QED) is 0.217. The fraction of sp³-hybridized carbons (Fsp3) is 0.219. The van der Waals surface area contributed by atoms with Crippen molar-refractivity contribution in [3.63, 3.8) is 0 Å². The molecule has 0 aliphatic carbocycles. The van der Waals surface area contributed by atoms with Gasteiger partial charge in [-0.3, -0.25) is 4.90 Å². The van der Waals surface area contributed by atoms with Crippen LogP contribution in [0.1, 0.15) is 40.3 Å². The number of hydrogen-bond donors (Lipinski definition) is 1. The van der Waals surface area contributed by atoms with Gasteiger partial charge in [0.15, 0.2) is 0 Å². The van der Waals surface area contributed by atoms with Crippen LogP contribution in [0.15, 0.2) is 102 Å². The summed E-state index contributed by atoms with van der Waals surface area (Å²) in [6, 6.07) is 29.1. The SMILES string of the molecule is OC1(c2ccc(C3=NO[C@](c4cc(Cl)c(Cl)c(Cl)c4)(C(F)(F)F)C3)cc2)CN(C(c2ccccc2)c2ccccc2)C1. The summed E-state index contributed by atoms with van der Waals surface area (Å²) in [6.45, 7) is 0.778. The molecular formula is C32H24Cl3F3N2O2. The molecule has 2 aliphatic heterocycles. The van der Waals surface area contributed by atoms with Crippen molar-refractivity contribution < 1.29 is 23.1 Å². The van der Waals surface area contributed by atoms with E-state index in [4.69, 9.17) is 39.6 Å². The standard InChI is InChI=1S/C32H24Cl3F3N2O2/c33-25-15-24(16-26(34)28(25)35)31(32(36,37)38)17-27(39-42-31)20-11-13-23(14-12-20)30(41)18-40(19-30)29(21-7-3-1-4-8-21)22-9-5-2-6-10-22/h1-16,29,41H,17-19H2/t31-/m1/s1. The van der Waals surface area contributed by atoms with Crippen LogP contribution in [-0.2, 0) is 16.0 Å². The Morgan fingerprint density at radius 3 is 1.81 bits per heavy atom. The largest absolute Gasteiger partial charge is 0.435 e. The van der Waals surface area contributed by atoms with Crippen molar-refractivity contribution in [2.24, 2.45) is 5.16 Å². The van der Waals surface area contributed by atoms with Gasteiger partial charge in [-0.2, -0.15) is 13.2 Å². The number of likely N-dealkylation sites (tertiary alicyclic amines) is 1. The van der Waals surface area contributed by atoms with Crippen LogP contribution in [0.25, 0.3) is 0 Å². The average Bonchev–Trinajstić information content (AvgIpc) is 3.43. The van der Waals surface area contributed by atoms with Gasteiger partial charge in [-0.1, -0.05) is 125 Å². The number of alkyl halides is 3. The summed E-state index contributed by atoms with van der Waals surface area (Å²) in [5.41, 5.74) is -0.705. The Labute approximate surface area is 255 Å². The molecule has 216 valence electrons. The van der Waals surface area contributed by atoms with Crippen LogP contribution in [-0.4, -0.2) is 35.0 Å². The Kier molecular flexibility index (Phi) is 7.52. The molecule has 0 unspecified atom stereocenters. The van der Waals surface area contributed by atoms with Crippen molar-refractivity contribution in [3.05, 3.63) is 140 Å².